The van der Waals surface area contributed by atoms with Crippen LogP contribution in [0.1, 0.15) is 241 Å². The van der Waals surface area contributed by atoms with Crippen molar-refractivity contribution >= 4 is 118 Å². The van der Waals surface area contributed by atoms with Gasteiger partial charge in [-0.05, 0) is 129 Å². The van der Waals surface area contributed by atoms with Crippen molar-refractivity contribution in [1.29, 1.82) is 0 Å². The zero-order chi connectivity index (χ0) is 97.1. The molecule has 17 amide bonds. The minimum Gasteiger partial charge on any atom is -0.394 e. The van der Waals surface area contributed by atoms with Crippen molar-refractivity contribution in [2.45, 2.75) is 331 Å². The van der Waals surface area contributed by atoms with E-state index in [0.717, 1.165) is 84.5 Å². The fraction of sp³-hybridized carbons (Fsp3) is 0.723. The molecule has 35 N–H and O–H groups in total. The van der Waals surface area contributed by atoms with Crippen molar-refractivity contribution in [3.05, 3.63) is 18.2 Å². The lowest BCUT2D eigenvalue weighted by Gasteiger charge is -2.32. The summed E-state index contributed by atoms with van der Waals surface area (Å²) in [5.41, 5.74) is 46.9. The highest BCUT2D eigenvalue weighted by Crippen LogP contribution is 2.31. The third-order valence-electron chi connectivity index (χ3n) is 22.8. The maximum absolute atomic E-state index is 15.3. The molecule has 3 aliphatic carbocycles. The maximum Gasteiger partial charge on any atom is 0.245 e. The number of nitrogens with one attached hydrogen (secondary N) is 15. The Morgan fingerprint density at radius 3 is 1.14 bits per heavy atom. The fourth-order valence-electron chi connectivity index (χ4n) is 15.6. The summed E-state index contributed by atoms with van der Waals surface area (Å²) in [6.45, 7) is 9.78. The first kappa shape index (κ1) is 110. The number of hydrogen-bond donors (Lipinski definition) is 26. The summed E-state index contributed by atoms with van der Waals surface area (Å²) in [4.78, 5) is 258. The van der Waals surface area contributed by atoms with Crippen LogP contribution in [0.15, 0.2) is 27.5 Å². The van der Waals surface area contributed by atoms with E-state index >= 15 is 14.4 Å². The van der Waals surface area contributed by atoms with E-state index in [4.69, 9.17) is 51.6 Å². The number of guanidine groups is 3. The van der Waals surface area contributed by atoms with E-state index in [9.17, 15) is 77.3 Å². The van der Waals surface area contributed by atoms with Gasteiger partial charge in [0.1, 0.15) is 83.6 Å². The van der Waals surface area contributed by atoms with Crippen molar-refractivity contribution in [3.8, 4) is 0 Å². The second-order valence-electron chi connectivity index (χ2n) is 35.5. The van der Waals surface area contributed by atoms with Gasteiger partial charge in [0.05, 0.1) is 25.5 Å². The second-order valence-corrected chi connectivity index (χ2v) is 35.5. The summed E-state index contributed by atoms with van der Waals surface area (Å²) in [7, 11) is 0. The minimum absolute atomic E-state index is 0.00227. The van der Waals surface area contributed by atoms with Crippen LogP contribution in [-0.4, -0.2) is 254 Å². The molecule has 0 aliphatic heterocycles. The molecule has 0 radical (unpaired) electrons. The molecule has 0 saturated heterocycles. The van der Waals surface area contributed by atoms with Gasteiger partial charge in [-0.2, -0.15) is 0 Å². The Labute approximate surface area is 757 Å². The molecule has 1 heterocycles. The van der Waals surface area contributed by atoms with Gasteiger partial charge < -0.3 is 141 Å². The van der Waals surface area contributed by atoms with E-state index in [1.54, 1.807) is 13.8 Å². The minimum atomic E-state index is -2.05. The number of hydrogen-bond acceptors (Lipinski definition) is 23. The summed E-state index contributed by atoms with van der Waals surface area (Å²) in [5, 5.41) is 57.2. The van der Waals surface area contributed by atoms with E-state index in [2.05, 4.69) is 99.4 Å². The van der Waals surface area contributed by atoms with Gasteiger partial charge in [-0.15, -0.1) is 0 Å². The average molecular weight is 1840 g/mol. The summed E-state index contributed by atoms with van der Waals surface area (Å²) in [6.07, 6.45) is 10.7. The number of nitrogens with zero attached hydrogens (tertiary/aromatic N) is 4. The third-order valence-corrected chi connectivity index (χ3v) is 22.8. The van der Waals surface area contributed by atoms with Crippen LogP contribution in [-0.2, 0) is 87.9 Å². The Morgan fingerprint density at radius 1 is 0.415 bits per heavy atom. The van der Waals surface area contributed by atoms with E-state index in [1.807, 2.05) is 0 Å². The summed E-state index contributed by atoms with van der Waals surface area (Å²) < 4.78 is 0. The van der Waals surface area contributed by atoms with Crippen LogP contribution in [0.2, 0.25) is 0 Å². The molecular weight excluding hydrogens is 1690 g/mol. The zero-order valence-electron chi connectivity index (χ0n) is 76.1. The van der Waals surface area contributed by atoms with E-state index in [-0.39, 0.29) is 126 Å². The van der Waals surface area contributed by atoms with Crippen LogP contribution < -0.4 is 126 Å². The van der Waals surface area contributed by atoms with Gasteiger partial charge in [0, 0.05) is 51.3 Å². The number of nitrogens with two attached hydrogens (primary N) is 9. The number of aliphatic hydroxyl groups is 2. The molecule has 3 unspecified atom stereocenters. The smallest absolute Gasteiger partial charge is 0.245 e. The largest absolute Gasteiger partial charge is 0.394 e. The summed E-state index contributed by atoms with van der Waals surface area (Å²) >= 11 is 0. The molecule has 13 atom stereocenters. The monoisotopic (exact) mass is 1840 g/mol. The standard InChI is InChI=1S/C83H144N28O19/c1-44(2)35-56(74(126)110-83(7,8)78(130)109-64(45(3)113)76(128)101-52(28-19-33-95-80(89)90)66(118)100-54(30-31-62(84)115)69(121)99-51(27-18-32-94-79(87)88)67(119)102-55(65(86)117)36-47-21-12-9-13-22-47)103-73(125)60(40-63(85)116)107-71(123)58(38-49-25-16-11-17-26-49)104-70(122)57(37-48-23-14-10-15-24-48)105-72(124)59(39-50-41-93-43-97-50)106-68(120)53(29-20-34-96-81(91)92)108-77(129)82(5,6)111-75(127)61(42-112)98-46(4)114/h41,43-45,47-49,51-61,64,112-113H,9-40,42H2,1-8H3,(H2,84,115)(H2,85,116)(H2,86,117)(H,93,97)(H,98,114)(H,99,121)(H,100,118)(H,101,128)(H,102,119)(H,103,125)(H,104,122)(H,105,124)(H,106,120)(H,107,123)(H,108,129)(H,109,130)(H,110,126)(H,111,127)(H4,87,88,94)(H4,89,90,95)(H4,91,92,96)/t45-,51+,52+,53+,54+,55?,56+,57?,58?,59+,60+,61+,64+/m1/s1. The molecule has 47 heteroatoms. The molecule has 3 aliphatic rings. The molecule has 4 rings (SSSR count). The van der Waals surface area contributed by atoms with Crippen molar-refractivity contribution in [2.75, 3.05) is 26.2 Å². The van der Waals surface area contributed by atoms with Gasteiger partial charge in [0.2, 0.25) is 100 Å². The SMILES string of the molecule is CC(=O)N[C@@H](CO)C(=O)NC(C)(C)C(=O)N[C@@H](CCCN=C(N)N)C(=O)N[C@@H](Cc1cnc[nH]1)C(=O)NC(CC1CCCCC1)C(=O)NC(CC1CCCCC1)C(=O)N[C@@H](CC(N)=O)C(=O)N[C@@H](CC(C)C)C(=O)NC(C)(C)C(=O)N[C@H](C(=O)N[C@@H](CCCN=C(N)N)C(=O)N[C@@H](CCC(N)=O)C(=O)N[C@@H](CCCN=C(N)N)C(=O)NC(CC1CCCCC1)C(N)=O)[C@@H](C)O. The Morgan fingerprint density at radius 2 is 0.762 bits per heavy atom. The Balaban J connectivity index is 1.64. The van der Waals surface area contributed by atoms with Crippen LogP contribution in [0, 0.1) is 23.7 Å². The number of amides is 17. The highest BCUT2D eigenvalue weighted by Gasteiger charge is 2.43. The molecular formula is C83H144N28O19. The molecule has 3 saturated carbocycles. The Bertz CT molecular complexity index is 4040. The highest BCUT2D eigenvalue weighted by molar-refractivity contribution is 6.02. The quantitative estimate of drug-likeness (QED) is 0.0164. The molecule has 0 bridgehead atoms. The van der Waals surface area contributed by atoms with Gasteiger partial charge in [-0.1, -0.05) is 110 Å². The Hall–Kier alpha value is -12.1. The third kappa shape index (κ3) is 41.1. The predicted molar refractivity (Wildman–Crippen MR) is 479 cm³/mol. The van der Waals surface area contributed by atoms with Crippen LogP contribution in [0.4, 0.5) is 0 Å². The summed E-state index contributed by atoms with van der Waals surface area (Å²) in [6, 6.07) is -18.4. The lowest BCUT2D eigenvalue weighted by Crippen LogP contribution is -2.65. The number of rotatable bonds is 57. The number of imidazole rings is 1. The van der Waals surface area contributed by atoms with Gasteiger partial charge in [0.25, 0.3) is 0 Å². The molecule has 1 aromatic heterocycles. The van der Waals surface area contributed by atoms with Gasteiger partial charge in [-0.25, -0.2) is 4.98 Å². The van der Waals surface area contributed by atoms with Crippen molar-refractivity contribution in [3.63, 3.8) is 0 Å². The first-order chi connectivity index (χ1) is 61.2. The van der Waals surface area contributed by atoms with Crippen LogP contribution in [0.5, 0.6) is 0 Å². The molecule has 47 nitrogen and oxygen atoms in total. The van der Waals surface area contributed by atoms with Gasteiger partial charge in [-0.3, -0.25) is 96.5 Å². The topological polar surface area (TPSA) is 799 Å². The van der Waals surface area contributed by atoms with Crippen LogP contribution in [0.25, 0.3) is 0 Å². The lowest BCUT2D eigenvalue weighted by molar-refractivity contribution is -0.139. The van der Waals surface area contributed by atoms with Crippen molar-refractivity contribution in [1.82, 2.24) is 84.4 Å². The number of carbonyl (C=O) groups excluding carboxylic acids is 17. The van der Waals surface area contributed by atoms with Crippen molar-refractivity contribution < 1.29 is 91.7 Å². The average Bonchev–Trinajstić information content (AvgIpc) is 0.988. The lowest BCUT2D eigenvalue weighted by atomic mass is 9.83. The Kier molecular flexibility index (Phi) is 47.3. The zero-order valence-corrected chi connectivity index (χ0v) is 76.1. The normalized spacial score (nSPS) is 16.9. The van der Waals surface area contributed by atoms with E-state index in [1.165, 1.54) is 40.2 Å². The van der Waals surface area contributed by atoms with Gasteiger partial charge in [0.15, 0.2) is 17.9 Å². The number of primary amides is 3. The molecule has 730 valence electrons. The molecule has 3 fully saturated rings. The van der Waals surface area contributed by atoms with Crippen LogP contribution in [0.3, 0.4) is 0 Å². The van der Waals surface area contributed by atoms with Crippen molar-refractivity contribution in [2.24, 2.45) is 90.3 Å². The predicted octanol–water partition coefficient (Wildman–Crippen LogP) is -6.30. The fourth-order valence-corrected chi connectivity index (χ4v) is 15.6. The number of carbonyl (C=O) groups is 17. The number of aromatic nitrogens is 2. The molecule has 0 aromatic carbocycles. The highest BCUT2D eigenvalue weighted by atomic mass is 16.3. The van der Waals surface area contributed by atoms with E-state index < -0.39 is 222 Å². The molecule has 130 heavy (non-hydrogen) atoms. The van der Waals surface area contributed by atoms with E-state index in [0.29, 0.717) is 31.4 Å². The van der Waals surface area contributed by atoms with Gasteiger partial charge >= 0.3 is 0 Å². The summed E-state index contributed by atoms with van der Waals surface area (Å²) in [5.74, 6) is -17.6. The number of aromatic amines is 1. The first-order valence-corrected chi connectivity index (χ1v) is 44.7. The second kappa shape index (κ2) is 55.7. The molecule has 0 spiro atoms. The molecule has 1 aromatic rings. The maximum atomic E-state index is 15.3. The van der Waals surface area contributed by atoms with Crippen LogP contribution >= 0.6 is 0 Å². The number of aliphatic imine (C=N–C) groups is 3. The first-order valence-electron chi connectivity index (χ1n) is 44.7. The number of H-pyrrole nitrogens is 1. The number of aliphatic hydroxyl groups excluding tert-OH is 2.